The molecule has 0 saturated carbocycles. The first-order valence-electron chi connectivity index (χ1n) is 9.75. The lowest BCUT2D eigenvalue weighted by molar-refractivity contribution is 0.0955. The van der Waals surface area contributed by atoms with Gasteiger partial charge in [0.05, 0.1) is 10.6 Å². The lowest BCUT2D eigenvalue weighted by Crippen LogP contribution is -2.27. The maximum absolute atomic E-state index is 13.8. The van der Waals surface area contributed by atoms with Gasteiger partial charge in [0.2, 0.25) is 0 Å². The number of para-hydroxylation sites is 1. The second-order valence-corrected chi connectivity index (χ2v) is 9.75. The van der Waals surface area contributed by atoms with Crippen LogP contribution in [0.5, 0.6) is 0 Å². The van der Waals surface area contributed by atoms with Crippen LogP contribution in [0.15, 0.2) is 71.6 Å². The average Bonchev–Trinajstić information content (AvgIpc) is 2.76. The zero-order valence-electron chi connectivity index (χ0n) is 17.3. The highest BCUT2D eigenvalue weighted by Crippen LogP contribution is 2.21. The van der Waals surface area contributed by atoms with Gasteiger partial charge in [-0.2, -0.15) is 11.8 Å². The van der Waals surface area contributed by atoms with Crippen molar-refractivity contribution in [1.82, 2.24) is 5.32 Å². The van der Waals surface area contributed by atoms with E-state index in [1.165, 1.54) is 54.2 Å². The number of aryl methyl sites for hydroxylation is 1. The van der Waals surface area contributed by atoms with E-state index in [9.17, 15) is 22.0 Å². The molecule has 0 heterocycles. The van der Waals surface area contributed by atoms with E-state index in [0.717, 1.165) is 6.07 Å². The van der Waals surface area contributed by atoms with Gasteiger partial charge in [-0.1, -0.05) is 36.4 Å². The molecule has 0 radical (unpaired) electrons. The Balaban J connectivity index is 1.61. The van der Waals surface area contributed by atoms with Crippen molar-refractivity contribution in [2.24, 2.45) is 0 Å². The molecule has 0 aromatic heterocycles. The third-order valence-electron chi connectivity index (χ3n) is 4.63. The smallest absolute Gasteiger partial charge is 0.262 e. The van der Waals surface area contributed by atoms with Crippen LogP contribution < -0.4 is 10.0 Å². The molecule has 9 heteroatoms. The van der Waals surface area contributed by atoms with Gasteiger partial charge in [-0.05, 0) is 48.4 Å². The summed E-state index contributed by atoms with van der Waals surface area (Å²) in [4.78, 5) is 12.4. The molecule has 0 aliphatic carbocycles. The Bertz CT molecular complexity index is 1220. The Hall–Kier alpha value is -2.91. The Morgan fingerprint density at radius 1 is 0.969 bits per heavy atom. The van der Waals surface area contributed by atoms with Crippen molar-refractivity contribution in [1.29, 1.82) is 0 Å². The van der Waals surface area contributed by atoms with Gasteiger partial charge in [-0.15, -0.1) is 0 Å². The van der Waals surface area contributed by atoms with Crippen molar-refractivity contribution < 1.29 is 22.0 Å². The fourth-order valence-electron chi connectivity index (χ4n) is 2.89. The molecule has 0 fully saturated rings. The van der Waals surface area contributed by atoms with E-state index in [4.69, 9.17) is 0 Å². The molecule has 168 valence electrons. The first-order chi connectivity index (χ1) is 15.3. The Kier molecular flexibility index (Phi) is 7.87. The standard InChI is InChI=1S/C23H22F2N2O3S2/c1-16-10-11-18(32(29,30)27-22-9-5-4-8-21(22)25)14-19(16)23(28)26-12-13-31-15-17-6-2-3-7-20(17)24/h2-11,14,27H,12-13,15H2,1H3,(H,26,28). The maximum atomic E-state index is 13.8. The second kappa shape index (κ2) is 10.6. The number of nitrogens with one attached hydrogen (secondary N) is 2. The van der Waals surface area contributed by atoms with Crippen molar-refractivity contribution in [3.05, 3.63) is 95.1 Å². The van der Waals surface area contributed by atoms with Gasteiger partial charge in [0.25, 0.3) is 15.9 Å². The summed E-state index contributed by atoms with van der Waals surface area (Å²) in [5.74, 6) is -0.337. The first kappa shape index (κ1) is 23.7. The maximum Gasteiger partial charge on any atom is 0.262 e. The highest BCUT2D eigenvalue weighted by Gasteiger charge is 2.19. The van der Waals surface area contributed by atoms with Crippen molar-refractivity contribution in [3.8, 4) is 0 Å². The molecule has 32 heavy (non-hydrogen) atoms. The van der Waals surface area contributed by atoms with Gasteiger partial charge in [-0.25, -0.2) is 17.2 Å². The summed E-state index contributed by atoms with van der Waals surface area (Å²) in [5.41, 5.74) is 1.23. The predicted molar refractivity (Wildman–Crippen MR) is 123 cm³/mol. The molecular weight excluding hydrogens is 454 g/mol. The summed E-state index contributed by atoms with van der Waals surface area (Å²) in [5, 5.41) is 2.75. The van der Waals surface area contributed by atoms with Gasteiger partial charge in [-0.3, -0.25) is 9.52 Å². The summed E-state index contributed by atoms with van der Waals surface area (Å²) in [6, 6.07) is 16.1. The van der Waals surface area contributed by atoms with E-state index in [1.54, 1.807) is 25.1 Å². The van der Waals surface area contributed by atoms with Gasteiger partial charge < -0.3 is 5.32 Å². The first-order valence-corrected chi connectivity index (χ1v) is 12.4. The van der Waals surface area contributed by atoms with E-state index in [-0.39, 0.29) is 22.0 Å². The van der Waals surface area contributed by atoms with Gasteiger partial charge in [0.15, 0.2) is 0 Å². The largest absolute Gasteiger partial charge is 0.351 e. The number of sulfonamides is 1. The minimum absolute atomic E-state index is 0.148. The monoisotopic (exact) mass is 476 g/mol. The number of thioether (sulfide) groups is 1. The molecular formula is C23H22F2N2O3S2. The number of halogens is 2. The fraction of sp³-hybridized carbons (Fsp3) is 0.174. The van der Waals surface area contributed by atoms with Gasteiger partial charge >= 0.3 is 0 Å². The van der Waals surface area contributed by atoms with Crippen LogP contribution in [0.4, 0.5) is 14.5 Å². The van der Waals surface area contributed by atoms with Crippen LogP contribution in [0, 0.1) is 18.6 Å². The zero-order valence-corrected chi connectivity index (χ0v) is 18.9. The quantitative estimate of drug-likeness (QED) is 0.438. The number of rotatable bonds is 9. The molecule has 3 aromatic rings. The third-order valence-corrected chi connectivity index (χ3v) is 7.00. The van der Waals surface area contributed by atoms with E-state index in [2.05, 4.69) is 10.0 Å². The Morgan fingerprint density at radius 3 is 2.38 bits per heavy atom. The normalized spacial score (nSPS) is 11.2. The molecule has 5 nitrogen and oxygen atoms in total. The second-order valence-electron chi connectivity index (χ2n) is 6.96. The van der Waals surface area contributed by atoms with E-state index < -0.39 is 21.7 Å². The molecule has 0 spiro atoms. The topological polar surface area (TPSA) is 75.3 Å². The van der Waals surface area contributed by atoms with Crippen LogP contribution in [-0.4, -0.2) is 26.6 Å². The molecule has 3 aromatic carbocycles. The highest BCUT2D eigenvalue weighted by atomic mass is 32.2. The molecule has 1 amide bonds. The molecule has 0 bridgehead atoms. The summed E-state index contributed by atoms with van der Waals surface area (Å²) in [7, 11) is -4.08. The van der Waals surface area contributed by atoms with Crippen LogP contribution in [0.3, 0.4) is 0 Å². The summed E-state index contributed by atoms with van der Waals surface area (Å²) in [6.07, 6.45) is 0. The molecule has 0 aliphatic heterocycles. The zero-order chi connectivity index (χ0) is 23.1. The molecule has 0 saturated heterocycles. The van der Waals surface area contributed by atoms with Crippen LogP contribution in [0.25, 0.3) is 0 Å². The van der Waals surface area contributed by atoms with E-state index in [1.807, 2.05) is 0 Å². The van der Waals surface area contributed by atoms with Crippen molar-refractivity contribution in [3.63, 3.8) is 0 Å². The Labute approximate surface area is 190 Å². The number of carbonyl (C=O) groups excluding carboxylic acids is 1. The van der Waals surface area contributed by atoms with E-state index in [0.29, 0.717) is 29.2 Å². The number of anilines is 1. The van der Waals surface area contributed by atoms with Crippen LogP contribution in [0.2, 0.25) is 0 Å². The third kappa shape index (κ3) is 6.08. The minimum Gasteiger partial charge on any atom is -0.351 e. The molecule has 2 N–H and O–H groups in total. The van der Waals surface area contributed by atoms with Crippen molar-refractivity contribution in [2.45, 2.75) is 17.6 Å². The SMILES string of the molecule is Cc1ccc(S(=O)(=O)Nc2ccccc2F)cc1C(=O)NCCSCc1ccccc1F. The van der Waals surface area contributed by atoms with Crippen LogP contribution >= 0.6 is 11.8 Å². The Morgan fingerprint density at radius 2 is 1.66 bits per heavy atom. The molecule has 0 aliphatic rings. The summed E-state index contributed by atoms with van der Waals surface area (Å²) >= 11 is 1.48. The van der Waals surface area contributed by atoms with Crippen LogP contribution in [-0.2, 0) is 15.8 Å². The molecule has 3 rings (SSSR count). The number of benzene rings is 3. The van der Waals surface area contributed by atoms with E-state index >= 15 is 0 Å². The number of hydrogen-bond acceptors (Lipinski definition) is 4. The highest BCUT2D eigenvalue weighted by molar-refractivity contribution is 7.98. The van der Waals surface area contributed by atoms with Gasteiger partial charge in [0.1, 0.15) is 11.6 Å². The average molecular weight is 477 g/mol. The van der Waals surface area contributed by atoms with Crippen molar-refractivity contribution in [2.75, 3.05) is 17.0 Å². The minimum atomic E-state index is -4.08. The molecule has 0 unspecified atom stereocenters. The number of carbonyl (C=O) groups is 1. The molecule has 0 atom stereocenters. The van der Waals surface area contributed by atoms with Gasteiger partial charge in [0, 0.05) is 23.6 Å². The van der Waals surface area contributed by atoms with Crippen molar-refractivity contribution >= 4 is 33.4 Å². The number of amides is 1. The summed E-state index contributed by atoms with van der Waals surface area (Å²) in [6.45, 7) is 2.03. The summed E-state index contributed by atoms with van der Waals surface area (Å²) < 4.78 is 55.0. The predicted octanol–water partition coefficient (Wildman–Crippen LogP) is 4.74. The lowest BCUT2D eigenvalue weighted by atomic mass is 10.1. The fourth-order valence-corrected chi connectivity index (χ4v) is 4.83. The van der Waals surface area contributed by atoms with Crippen LogP contribution in [0.1, 0.15) is 21.5 Å². The lowest BCUT2D eigenvalue weighted by Gasteiger charge is -2.12. The number of hydrogen-bond donors (Lipinski definition) is 2.